The topological polar surface area (TPSA) is 53.2 Å². The molecular formula is C44H46N5O+. The van der Waals surface area contributed by atoms with Crippen LogP contribution in [0.5, 0.6) is 0 Å². The number of allylic oxidation sites excluding steroid dienone is 4. The van der Waals surface area contributed by atoms with Gasteiger partial charge in [-0.2, -0.15) is 9.67 Å². The summed E-state index contributed by atoms with van der Waals surface area (Å²) in [5, 5.41) is 8.03. The number of benzene rings is 4. The molecule has 5 aromatic rings. The van der Waals surface area contributed by atoms with Gasteiger partial charge in [-0.25, -0.2) is 4.68 Å². The van der Waals surface area contributed by atoms with Crippen molar-refractivity contribution in [2.45, 2.75) is 58.9 Å². The second kappa shape index (κ2) is 13.1. The predicted molar refractivity (Wildman–Crippen MR) is 205 cm³/mol. The lowest BCUT2D eigenvalue weighted by atomic mass is 9.80. The summed E-state index contributed by atoms with van der Waals surface area (Å²) in [5.74, 6) is -0.151. The smallest absolute Gasteiger partial charge is 0.255 e. The van der Waals surface area contributed by atoms with Crippen LogP contribution in [0.3, 0.4) is 0 Å². The number of carbonyl (C=O) groups excluding carboxylic acids is 1. The Kier molecular flexibility index (Phi) is 8.65. The van der Waals surface area contributed by atoms with E-state index in [4.69, 9.17) is 5.10 Å². The molecule has 6 nitrogen and oxygen atoms in total. The number of aromatic nitrogens is 2. The van der Waals surface area contributed by atoms with E-state index in [1.807, 2.05) is 66.9 Å². The number of amides is 1. The molecule has 0 atom stereocenters. The summed E-state index contributed by atoms with van der Waals surface area (Å²) in [7, 11) is 0. The summed E-state index contributed by atoms with van der Waals surface area (Å²) < 4.78 is 4.20. The lowest BCUT2D eigenvalue weighted by Crippen LogP contribution is -2.28. The van der Waals surface area contributed by atoms with Crippen molar-refractivity contribution < 1.29 is 9.37 Å². The molecule has 252 valence electrons. The van der Waals surface area contributed by atoms with Gasteiger partial charge in [0, 0.05) is 59.4 Å². The zero-order chi connectivity index (χ0) is 35.0. The maximum atomic E-state index is 13.8. The SMILES string of the molecule is CCN1/C(=C/C=C/C2=[N+](CC)c3ccc(CNC(=O)c4cn(-c5ccccc5)nc4-c4ccccc4)cc3C2(C)C)C(C)(C)c2ccccc21. The van der Waals surface area contributed by atoms with Gasteiger partial charge in [-0.3, -0.25) is 4.79 Å². The number of hydrogen-bond acceptors (Lipinski definition) is 3. The monoisotopic (exact) mass is 660 g/mol. The Hall–Kier alpha value is -5.49. The predicted octanol–water partition coefficient (Wildman–Crippen LogP) is 9.12. The molecule has 0 aliphatic carbocycles. The first-order valence-corrected chi connectivity index (χ1v) is 17.7. The van der Waals surface area contributed by atoms with Crippen molar-refractivity contribution in [2.75, 3.05) is 18.0 Å². The van der Waals surface area contributed by atoms with E-state index in [0.29, 0.717) is 17.8 Å². The van der Waals surface area contributed by atoms with E-state index >= 15 is 0 Å². The zero-order valence-electron chi connectivity index (χ0n) is 29.9. The molecule has 0 spiro atoms. The highest BCUT2D eigenvalue weighted by molar-refractivity contribution is 6.03. The molecule has 6 heteroatoms. The van der Waals surface area contributed by atoms with Gasteiger partial charge in [0.2, 0.25) is 5.69 Å². The van der Waals surface area contributed by atoms with Gasteiger partial charge in [0.15, 0.2) is 5.71 Å². The lowest BCUT2D eigenvalue weighted by Gasteiger charge is -2.25. The van der Waals surface area contributed by atoms with Crippen molar-refractivity contribution in [1.29, 1.82) is 0 Å². The molecule has 1 amide bonds. The summed E-state index contributed by atoms with van der Waals surface area (Å²) >= 11 is 0. The summed E-state index contributed by atoms with van der Waals surface area (Å²) in [6.45, 7) is 15.9. The first kappa shape index (κ1) is 33.0. The summed E-state index contributed by atoms with van der Waals surface area (Å²) in [6, 6.07) is 35.1. The van der Waals surface area contributed by atoms with Crippen LogP contribution in [-0.2, 0) is 17.4 Å². The molecule has 0 saturated carbocycles. The molecule has 4 aromatic carbocycles. The first-order valence-electron chi connectivity index (χ1n) is 17.7. The second-order valence-corrected chi connectivity index (χ2v) is 14.1. The zero-order valence-corrected chi connectivity index (χ0v) is 29.9. The maximum Gasteiger partial charge on any atom is 0.255 e. The molecule has 0 bridgehead atoms. The van der Waals surface area contributed by atoms with Gasteiger partial charge in [0.1, 0.15) is 12.2 Å². The molecule has 2 aliphatic rings. The Balaban J connectivity index is 1.13. The summed E-state index contributed by atoms with van der Waals surface area (Å²) in [6.07, 6.45) is 8.65. The molecule has 1 aromatic heterocycles. The molecule has 2 aliphatic heterocycles. The largest absolute Gasteiger partial charge is 0.348 e. The van der Waals surface area contributed by atoms with E-state index in [2.05, 4.69) is 117 Å². The van der Waals surface area contributed by atoms with Crippen molar-refractivity contribution in [2.24, 2.45) is 0 Å². The van der Waals surface area contributed by atoms with Crippen LogP contribution in [0.25, 0.3) is 16.9 Å². The average molecular weight is 661 g/mol. The van der Waals surface area contributed by atoms with Crippen molar-refractivity contribution in [1.82, 2.24) is 15.1 Å². The Bertz CT molecular complexity index is 2150. The normalized spacial score (nSPS) is 16.7. The van der Waals surface area contributed by atoms with E-state index in [1.165, 1.54) is 33.9 Å². The number of rotatable bonds is 9. The molecule has 0 fully saturated rings. The van der Waals surface area contributed by atoms with Crippen LogP contribution in [0.1, 0.15) is 68.6 Å². The number of anilines is 1. The summed E-state index contributed by atoms with van der Waals surface area (Å²) in [4.78, 5) is 16.2. The number of likely N-dealkylation sites (N-methyl/N-ethyl adjacent to an activating group) is 1. The van der Waals surface area contributed by atoms with E-state index < -0.39 is 0 Å². The number of carbonyl (C=O) groups is 1. The maximum absolute atomic E-state index is 13.8. The van der Waals surface area contributed by atoms with Crippen LogP contribution in [0.15, 0.2) is 133 Å². The minimum absolute atomic E-state index is 0.0678. The minimum Gasteiger partial charge on any atom is -0.348 e. The number of fused-ring (bicyclic) bond motifs is 2. The lowest BCUT2D eigenvalue weighted by molar-refractivity contribution is -0.433. The molecule has 3 heterocycles. The molecule has 7 rings (SSSR count). The Morgan fingerprint density at radius 2 is 1.54 bits per heavy atom. The third kappa shape index (κ3) is 5.68. The van der Waals surface area contributed by atoms with Crippen molar-refractivity contribution >= 4 is 23.0 Å². The summed E-state index contributed by atoms with van der Waals surface area (Å²) in [5.41, 5.74) is 11.6. The van der Waals surface area contributed by atoms with Crippen molar-refractivity contribution in [3.63, 3.8) is 0 Å². The van der Waals surface area contributed by atoms with E-state index in [0.717, 1.165) is 29.9 Å². The Labute approximate surface area is 296 Å². The molecule has 0 radical (unpaired) electrons. The fourth-order valence-electron chi connectivity index (χ4n) is 7.73. The standard InChI is InChI=1S/C44H45N5O/c1-7-47-37-23-16-15-22-35(37)43(3,4)39(47)24-17-25-40-44(5,6)36-28-31(26-27-38(36)48(40)8-2)29-45-42(50)34-30-49(33-20-13-10-14-21-33)46-41(34)32-18-11-9-12-19-32/h9-28,30H,7-8,29H2,1-6H3/p+1. The van der Waals surface area contributed by atoms with Gasteiger partial charge in [-0.15, -0.1) is 0 Å². The minimum atomic E-state index is -0.212. The molecule has 1 N–H and O–H groups in total. The van der Waals surface area contributed by atoms with Crippen LogP contribution in [0.2, 0.25) is 0 Å². The van der Waals surface area contributed by atoms with Gasteiger partial charge in [-0.1, -0.05) is 92.7 Å². The van der Waals surface area contributed by atoms with E-state index in [1.54, 1.807) is 4.68 Å². The number of nitrogens with zero attached hydrogens (tertiary/aromatic N) is 4. The molecule has 50 heavy (non-hydrogen) atoms. The highest BCUT2D eigenvalue weighted by Gasteiger charge is 2.44. The van der Waals surface area contributed by atoms with Crippen LogP contribution >= 0.6 is 0 Å². The van der Waals surface area contributed by atoms with Crippen LogP contribution in [0, 0.1) is 0 Å². The highest BCUT2D eigenvalue weighted by atomic mass is 16.1. The third-order valence-corrected chi connectivity index (χ3v) is 10.4. The van der Waals surface area contributed by atoms with Crippen LogP contribution in [0.4, 0.5) is 11.4 Å². The van der Waals surface area contributed by atoms with Crippen LogP contribution < -0.4 is 10.2 Å². The fraction of sp³-hybridized carbons (Fsp3) is 0.250. The fourth-order valence-corrected chi connectivity index (χ4v) is 7.73. The number of hydrogen-bond donors (Lipinski definition) is 1. The highest BCUT2D eigenvalue weighted by Crippen LogP contribution is 2.47. The molecular weight excluding hydrogens is 615 g/mol. The van der Waals surface area contributed by atoms with Gasteiger partial charge < -0.3 is 10.2 Å². The van der Waals surface area contributed by atoms with Gasteiger partial charge in [0.05, 0.1) is 16.7 Å². The average Bonchev–Trinajstić information content (AvgIpc) is 3.75. The van der Waals surface area contributed by atoms with E-state index in [9.17, 15) is 4.79 Å². The van der Waals surface area contributed by atoms with Gasteiger partial charge in [0.25, 0.3) is 5.91 Å². The van der Waals surface area contributed by atoms with Gasteiger partial charge in [-0.05, 0) is 69.2 Å². The molecule has 0 saturated heterocycles. The number of nitrogens with one attached hydrogen (secondary N) is 1. The van der Waals surface area contributed by atoms with Crippen molar-refractivity contribution in [3.05, 3.63) is 156 Å². The Morgan fingerprint density at radius 3 is 2.26 bits per heavy atom. The van der Waals surface area contributed by atoms with Gasteiger partial charge >= 0.3 is 0 Å². The quantitative estimate of drug-likeness (QED) is 0.161. The van der Waals surface area contributed by atoms with E-state index in [-0.39, 0.29) is 16.7 Å². The first-order chi connectivity index (χ1) is 24.1. The number of para-hydroxylation sites is 2. The second-order valence-electron chi connectivity index (χ2n) is 14.1. The third-order valence-electron chi connectivity index (χ3n) is 10.4. The molecule has 0 unspecified atom stereocenters. The van der Waals surface area contributed by atoms with Crippen molar-refractivity contribution in [3.8, 4) is 16.9 Å². The van der Waals surface area contributed by atoms with Crippen LogP contribution in [-0.4, -0.2) is 39.1 Å². The Morgan fingerprint density at radius 1 is 0.840 bits per heavy atom.